The number of aromatic nitrogens is 1. The van der Waals surface area contributed by atoms with E-state index in [2.05, 4.69) is 4.98 Å². The number of pyridine rings is 1. The summed E-state index contributed by atoms with van der Waals surface area (Å²) >= 11 is 0. The highest BCUT2D eigenvalue weighted by Gasteiger charge is 2.31. The second kappa shape index (κ2) is 7.70. The SMILES string of the molecule is Cc1c(F)c(Oc2cccc(C(F)(F)F)c2)nc(-c2ccc(C(C)(C)C)cc2)c1F. The number of rotatable bonds is 3. The number of ether oxygens (including phenoxy) is 1. The van der Waals surface area contributed by atoms with E-state index >= 15 is 0 Å². The molecule has 7 heteroatoms. The smallest absolute Gasteiger partial charge is 0.416 e. The minimum absolute atomic E-state index is 0.110. The summed E-state index contributed by atoms with van der Waals surface area (Å²) in [6, 6.07) is 11.0. The molecule has 1 aromatic heterocycles. The Morgan fingerprint density at radius 1 is 0.833 bits per heavy atom. The largest absolute Gasteiger partial charge is 0.436 e. The van der Waals surface area contributed by atoms with Crippen LogP contribution >= 0.6 is 0 Å². The van der Waals surface area contributed by atoms with Gasteiger partial charge in [0.2, 0.25) is 0 Å². The van der Waals surface area contributed by atoms with Gasteiger partial charge in [-0.2, -0.15) is 13.2 Å². The summed E-state index contributed by atoms with van der Waals surface area (Å²) in [7, 11) is 0. The molecule has 3 aromatic rings. The number of halogens is 5. The molecule has 0 radical (unpaired) electrons. The highest BCUT2D eigenvalue weighted by molar-refractivity contribution is 5.62. The molecule has 0 aliphatic carbocycles. The Morgan fingerprint density at radius 3 is 2.03 bits per heavy atom. The van der Waals surface area contributed by atoms with Gasteiger partial charge in [0.15, 0.2) is 11.6 Å². The van der Waals surface area contributed by atoms with Crippen LogP contribution in [0.15, 0.2) is 48.5 Å². The first-order chi connectivity index (χ1) is 13.9. The van der Waals surface area contributed by atoms with Crippen molar-refractivity contribution in [3.8, 4) is 22.9 Å². The van der Waals surface area contributed by atoms with Crippen molar-refractivity contribution in [1.82, 2.24) is 4.98 Å². The fraction of sp³-hybridized carbons (Fsp3) is 0.261. The summed E-state index contributed by atoms with van der Waals surface area (Å²) < 4.78 is 73.3. The Morgan fingerprint density at radius 2 is 1.47 bits per heavy atom. The average Bonchev–Trinajstić information content (AvgIpc) is 2.67. The first-order valence-corrected chi connectivity index (χ1v) is 9.19. The van der Waals surface area contributed by atoms with Gasteiger partial charge in [-0.15, -0.1) is 0 Å². The maximum Gasteiger partial charge on any atom is 0.416 e. The van der Waals surface area contributed by atoms with Gasteiger partial charge in [-0.3, -0.25) is 0 Å². The first-order valence-electron chi connectivity index (χ1n) is 9.19. The summed E-state index contributed by atoms with van der Waals surface area (Å²) in [5, 5.41) is 0. The Bertz CT molecular complexity index is 1070. The molecule has 3 rings (SSSR count). The van der Waals surface area contributed by atoms with E-state index in [1.807, 2.05) is 32.9 Å². The summed E-state index contributed by atoms with van der Waals surface area (Å²) in [4.78, 5) is 3.93. The van der Waals surface area contributed by atoms with Crippen molar-refractivity contribution in [3.05, 3.63) is 76.9 Å². The summed E-state index contributed by atoms with van der Waals surface area (Å²) in [5.41, 5.74) is -0.111. The second-order valence-electron chi connectivity index (χ2n) is 7.97. The molecule has 0 spiro atoms. The molecule has 1 heterocycles. The van der Waals surface area contributed by atoms with Crippen LogP contribution in [0.4, 0.5) is 22.0 Å². The maximum atomic E-state index is 14.7. The van der Waals surface area contributed by atoms with Gasteiger partial charge >= 0.3 is 6.18 Å². The van der Waals surface area contributed by atoms with Crippen LogP contribution in [-0.4, -0.2) is 4.98 Å². The van der Waals surface area contributed by atoms with Crippen molar-refractivity contribution in [2.45, 2.75) is 39.3 Å². The second-order valence-corrected chi connectivity index (χ2v) is 7.97. The van der Waals surface area contributed by atoms with E-state index in [-0.39, 0.29) is 22.4 Å². The minimum Gasteiger partial charge on any atom is -0.436 e. The topological polar surface area (TPSA) is 22.1 Å². The zero-order valence-corrected chi connectivity index (χ0v) is 16.9. The molecule has 0 N–H and O–H groups in total. The van der Waals surface area contributed by atoms with Gasteiger partial charge in [-0.1, -0.05) is 51.1 Å². The standard InChI is InChI=1S/C23H20F5NO/c1-13-18(24)20(14-8-10-15(11-9-14)22(2,3)4)29-21(19(13)25)30-17-7-5-6-16(12-17)23(26,27)28/h5-12H,1-4H3. The van der Waals surface area contributed by atoms with Gasteiger partial charge in [0.05, 0.1) is 5.56 Å². The van der Waals surface area contributed by atoms with Crippen LogP contribution in [0, 0.1) is 18.6 Å². The average molecular weight is 421 g/mol. The van der Waals surface area contributed by atoms with Gasteiger partial charge in [0.1, 0.15) is 11.4 Å². The molecule has 158 valence electrons. The third-order valence-corrected chi connectivity index (χ3v) is 4.67. The highest BCUT2D eigenvalue weighted by Crippen LogP contribution is 2.35. The number of alkyl halides is 3. The van der Waals surface area contributed by atoms with Crippen molar-refractivity contribution in [2.24, 2.45) is 0 Å². The van der Waals surface area contributed by atoms with Crippen molar-refractivity contribution in [3.63, 3.8) is 0 Å². The molecule has 0 fully saturated rings. The molecular formula is C23H20F5NO. The van der Waals surface area contributed by atoms with E-state index in [0.29, 0.717) is 5.56 Å². The Hall–Kier alpha value is -2.96. The fourth-order valence-corrected chi connectivity index (χ4v) is 2.87. The third kappa shape index (κ3) is 4.45. The van der Waals surface area contributed by atoms with Gasteiger partial charge in [-0.05, 0) is 36.1 Å². The third-order valence-electron chi connectivity index (χ3n) is 4.67. The van der Waals surface area contributed by atoms with Gasteiger partial charge in [0, 0.05) is 11.1 Å². The van der Waals surface area contributed by atoms with Crippen LogP contribution in [0.3, 0.4) is 0 Å². The first kappa shape index (κ1) is 21.7. The Kier molecular flexibility index (Phi) is 5.58. The van der Waals surface area contributed by atoms with E-state index in [1.54, 1.807) is 12.1 Å². The molecule has 0 aliphatic heterocycles. The van der Waals surface area contributed by atoms with Crippen LogP contribution in [0.25, 0.3) is 11.3 Å². The van der Waals surface area contributed by atoms with Crippen LogP contribution < -0.4 is 4.74 Å². The minimum atomic E-state index is -4.58. The van der Waals surface area contributed by atoms with Crippen molar-refractivity contribution in [1.29, 1.82) is 0 Å². The number of hydrogen-bond donors (Lipinski definition) is 0. The fourth-order valence-electron chi connectivity index (χ4n) is 2.87. The summed E-state index contributed by atoms with van der Waals surface area (Å²) in [6.07, 6.45) is -4.58. The molecular weight excluding hydrogens is 401 g/mol. The van der Waals surface area contributed by atoms with E-state index in [4.69, 9.17) is 4.74 Å². The molecule has 30 heavy (non-hydrogen) atoms. The van der Waals surface area contributed by atoms with Crippen molar-refractivity contribution < 1.29 is 26.7 Å². The van der Waals surface area contributed by atoms with Crippen molar-refractivity contribution in [2.75, 3.05) is 0 Å². The quantitative estimate of drug-likeness (QED) is 0.410. The molecule has 0 unspecified atom stereocenters. The lowest BCUT2D eigenvalue weighted by molar-refractivity contribution is -0.137. The van der Waals surface area contributed by atoms with Gasteiger partial charge in [-0.25, -0.2) is 13.8 Å². The normalized spacial score (nSPS) is 12.2. The molecule has 2 nitrogen and oxygen atoms in total. The number of benzene rings is 2. The molecule has 0 bridgehead atoms. The summed E-state index contributed by atoms with van der Waals surface area (Å²) in [6.45, 7) is 7.32. The highest BCUT2D eigenvalue weighted by atomic mass is 19.4. The van der Waals surface area contributed by atoms with E-state index in [0.717, 1.165) is 23.8 Å². The Balaban J connectivity index is 2.03. The monoisotopic (exact) mass is 421 g/mol. The lowest BCUT2D eigenvalue weighted by Crippen LogP contribution is -2.10. The number of nitrogens with zero attached hydrogens (tertiary/aromatic N) is 1. The van der Waals surface area contributed by atoms with E-state index < -0.39 is 29.3 Å². The van der Waals surface area contributed by atoms with Crippen LogP contribution in [0.2, 0.25) is 0 Å². The van der Waals surface area contributed by atoms with Gasteiger partial charge < -0.3 is 4.74 Å². The molecule has 2 aromatic carbocycles. The van der Waals surface area contributed by atoms with Crippen LogP contribution in [-0.2, 0) is 11.6 Å². The zero-order valence-electron chi connectivity index (χ0n) is 16.9. The molecule has 0 atom stereocenters. The predicted octanol–water partition coefficient (Wildman–Crippen LogP) is 7.44. The Labute approximate surface area is 171 Å². The zero-order chi connectivity index (χ0) is 22.3. The summed E-state index contributed by atoms with van der Waals surface area (Å²) in [5.74, 6) is -2.77. The lowest BCUT2D eigenvalue weighted by atomic mass is 9.86. The van der Waals surface area contributed by atoms with E-state index in [9.17, 15) is 22.0 Å². The molecule has 0 aliphatic rings. The molecule has 0 saturated heterocycles. The van der Waals surface area contributed by atoms with Gasteiger partial charge in [0.25, 0.3) is 5.88 Å². The van der Waals surface area contributed by atoms with Crippen LogP contribution in [0.1, 0.15) is 37.5 Å². The molecule has 0 amide bonds. The molecule has 0 saturated carbocycles. The predicted molar refractivity (Wildman–Crippen MR) is 105 cm³/mol. The lowest BCUT2D eigenvalue weighted by Gasteiger charge is -2.19. The van der Waals surface area contributed by atoms with Crippen LogP contribution in [0.5, 0.6) is 11.6 Å². The maximum absolute atomic E-state index is 14.7. The van der Waals surface area contributed by atoms with Crippen molar-refractivity contribution >= 4 is 0 Å². The van der Waals surface area contributed by atoms with E-state index in [1.165, 1.54) is 13.0 Å². The number of hydrogen-bond acceptors (Lipinski definition) is 2.